The fraction of sp³-hybridized carbons (Fsp3) is 0.474. The van der Waals surface area contributed by atoms with Crippen molar-refractivity contribution in [2.24, 2.45) is 0 Å². The second-order valence-electron chi connectivity index (χ2n) is 6.82. The zero-order valence-electron chi connectivity index (χ0n) is 15.2. The first-order valence-electron chi connectivity index (χ1n) is 8.91. The number of nitrogens with zero attached hydrogens (tertiary/aromatic N) is 3. The Morgan fingerprint density at radius 3 is 2.50 bits per heavy atom. The summed E-state index contributed by atoms with van der Waals surface area (Å²) < 4.78 is 6.16. The maximum Gasteiger partial charge on any atom is 0.234 e. The van der Waals surface area contributed by atoms with Gasteiger partial charge in [0.05, 0.1) is 18.3 Å². The molecule has 0 spiro atoms. The predicted octanol–water partition coefficient (Wildman–Crippen LogP) is 2.74. The lowest BCUT2D eigenvalue weighted by Gasteiger charge is -2.34. The molecule has 3 rings (SSSR count). The van der Waals surface area contributed by atoms with E-state index in [1.165, 1.54) is 0 Å². The Morgan fingerprint density at radius 1 is 1.23 bits per heavy atom. The van der Waals surface area contributed by atoms with Crippen LogP contribution in [0.3, 0.4) is 0 Å². The summed E-state index contributed by atoms with van der Waals surface area (Å²) in [7, 11) is 0. The Balaban J connectivity index is 1.41. The molecule has 1 aromatic carbocycles. The number of piperazine rings is 1. The molecular weight excluding hydrogens is 396 g/mol. The average Bonchev–Trinajstić information content (AvgIpc) is 3.02. The van der Waals surface area contributed by atoms with Crippen molar-refractivity contribution in [2.45, 2.75) is 26.4 Å². The van der Waals surface area contributed by atoms with E-state index < -0.39 is 0 Å². The highest BCUT2D eigenvalue weighted by atomic mass is 79.9. The van der Waals surface area contributed by atoms with E-state index in [9.17, 15) is 4.79 Å². The number of nitrogens with one attached hydrogen (secondary N) is 1. The molecule has 26 heavy (non-hydrogen) atoms. The van der Waals surface area contributed by atoms with Gasteiger partial charge in [0.1, 0.15) is 5.76 Å². The van der Waals surface area contributed by atoms with E-state index >= 15 is 0 Å². The van der Waals surface area contributed by atoms with E-state index in [1.807, 2.05) is 44.2 Å². The molecule has 1 aliphatic heterocycles. The molecule has 1 aliphatic rings. The highest BCUT2D eigenvalue weighted by molar-refractivity contribution is 9.10. The van der Waals surface area contributed by atoms with Gasteiger partial charge in [0.2, 0.25) is 5.91 Å². The number of rotatable bonds is 6. The number of hydrogen-bond acceptors (Lipinski definition) is 5. The van der Waals surface area contributed by atoms with Crippen LogP contribution in [-0.2, 0) is 11.3 Å². The summed E-state index contributed by atoms with van der Waals surface area (Å²) in [4.78, 5) is 16.9. The largest absolute Gasteiger partial charge is 0.361 e. The van der Waals surface area contributed by atoms with E-state index in [-0.39, 0.29) is 11.9 Å². The number of carbonyl (C=O) groups is 1. The predicted molar refractivity (Wildman–Crippen MR) is 104 cm³/mol. The molecule has 2 heterocycles. The molecule has 1 saturated heterocycles. The standard InChI is InChI=1S/C19H25BrN4O2/c1-14-11-18(22-26-14)12-23-7-9-24(10-8-23)13-19(25)21-15(2)16-3-5-17(20)6-4-16/h3-6,11,15H,7-10,12-13H2,1-2H3,(H,21,25)/t15-/m0/s1. The Morgan fingerprint density at radius 2 is 1.88 bits per heavy atom. The molecule has 1 fully saturated rings. The van der Waals surface area contributed by atoms with Gasteiger partial charge in [-0.2, -0.15) is 0 Å². The summed E-state index contributed by atoms with van der Waals surface area (Å²) in [6, 6.07) is 10.0. The van der Waals surface area contributed by atoms with Crippen molar-refractivity contribution < 1.29 is 9.32 Å². The van der Waals surface area contributed by atoms with Crippen LogP contribution in [0.5, 0.6) is 0 Å². The van der Waals surface area contributed by atoms with Crippen LogP contribution in [0.2, 0.25) is 0 Å². The maximum absolute atomic E-state index is 12.3. The second-order valence-corrected chi connectivity index (χ2v) is 7.74. The lowest BCUT2D eigenvalue weighted by atomic mass is 10.1. The van der Waals surface area contributed by atoms with Crippen molar-refractivity contribution in [2.75, 3.05) is 32.7 Å². The summed E-state index contributed by atoms with van der Waals surface area (Å²) >= 11 is 3.43. The van der Waals surface area contributed by atoms with Gasteiger partial charge in [0.15, 0.2) is 0 Å². The number of benzene rings is 1. The molecule has 0 unspecified atom stereocenters. The van der Waals surface area contributed by atoms with Crippen molar-refractivity contribution in [3.63, 3.8) is 0 Å². The Labute approximate surface area is 162 Å². The molecule has 1 N–H and O–H groups in total. The van der Waals surface area contributed by atoms with Gasteiger partial charge < -0.3 is 9.84 Å². The molecule has 2 aromatic rings. The molecule has 1 aromatic heterocycles. The quantitative estimate of drug-likeness (QED) is 0.778. The third-order valence-electron chi connectivity index (χ3n) is 4.64. The van der Waals surface area contributed by atoms with Gasteiger partial charge in [-0.25, -0.2) is 0 Å². The van der Waals surface area contributed by atoms with Crippen LogP contribution in [0.25, 0.3) is 0 Å². The number of aryl methyl sites for hydroxylation is 1. The lowest BCUT2D eigenvalue weighted by molar-refractivity contribution is -0.123. The molecule has 6 nitrogen and oxygen atoms in total. The van der Waals surface area contributed by atoms with Crippen LogP contribution in [0, 0.1) is 6.92 Å². The molecule has 0 radical (unpaired) electrons. The molecule has 0 aliphatic carbocycles. The van der Waals surface area contributed by atoms with Gasteiger partial charge in [-0.15, -0.1) is 0 Å². The van der Waals surface area contributed by atoms with E-state index in [1.54, 1.807) is 0 Å². The number of carbonyl (C=O) groups excluding carboxylic acids is 1. The highest BCUT2D eigenvalue weighted by Gasteiger charge is 2.20. The van der Waals surface area contributed by atoms with Gasteiger partial charge in [-0.3, -0.25) is 14.6 Å². The van der Waals surface area contributed by atoms with Crippen LogP contribution < -0.4 is 5.32 Å². The van der Waals surface area contributed by atoms with Gasteiger partial charge in [-0.05, 0) is 31.5 Å². The summed E-state index contributed by atoms with van der Waals surface area (Å²) in [5.74, 6) is 0.913. The minimum Gasteiger partial charge on any atom is -0.361 e. The van der Waals surface area contributed by atoms with Crippen molar-refractivity contribution >= 4 is 21.8 Å². The fourth-order valence-corrected chi connectivity index (χ4v) is 3.42. The average molecular weight is 421 g/mol. The molecule has 7 heteroatoms. The molecule has 0 bridgehead atoms. The molecule has 1 atom stereocenters. The van der Waals surface area contributed by atoms with Crippen molar-refractivity contribution in [3.05, 3.63) is 51.8 Å². The van der Waals surface area contributed by atoms with Crippen LogP contribution in [-0.4, -0.2) is 53.6 Å². The number of aromatic nitrogens is 1. The van der Waals surface area contributed by atoms with Gasteiger partial charge in [-0.1, -0.05) is 33.2 Å². The second kappa shape index (κ2) is 8.79. The fourth-order valence-electron chi connectivity index (χ4n) is 3.15. The smallest absolute Gasteiger partial charge is 0.234 e. The Hall–Kier alpha value is -1.70. The molecular formula is C19H25BrN4O2. The summed E-state index contributed by atoms with van der Waals surface area (Å²) in [6.45, 7) is 8.80. The molecule has 0 saturated carbocycles. The van der Waals surface area contributed by atoms with Crippen molar-refractivity contribution in [1.82, 2.24) is 20.3 Å². The Bertz CT molecular complexity index is 723. The van der Waals surface area contributed by atoms with Crippen molar-refractivity contribution in [3.8, 4) is 0 Å². The SMILES string of the molecule is Cc1cc(CN2CCN(CC(=O)N[C@@H](C)c3ccc(Br)cc3)CC2)no1. The minimum atomic E-state index is 0.00675. The van der Waals surface area contributed by atoms with Gasteiger partial charge in [0.25, 0.3) is 0 Å². The number of amides is 1. The number of halogens is 1. The van der Waals surface area contributed by atoms with Crippen LogP contribution in [0.1, 0.15) is 30.0 Å². The molecule has 1 amide bonds. The first-order chi connectivity index (χ1) is 12.5. The summed E-state index contributed by atoms with van der Waals surface area (Å²) in [6.07, 6.45) is 0. The zero-order valence-corrected chi connectivity index (χ0v) is 16.8. The monoisotopic (exact) mass is 420 g/mol. The van der Waals surface area contributed by atoms with Crippen LogP contribution >= 0.6 is 15.9 Å². The van der Waals surface area contributed by atoms with E-state index in [2.05, 4.69) is 36.2 Å². The van der Waals surface area contributed by atoms with Crippen LogP contribution in [0.15, 0.2) is 39.3 Å². The van der Waals surface area contributed by atoms with E-state index in [0.29, 0.717) is 6.54 Å². The normalized spacial score (nSPS) is 17.2. The topological polar surface area (TPSA) is 61.6 Å². The zero-order chi connectivity index (χ0) is 18.5. The minimum absolute atomic E-state index is 0.00675. The van der Waals surface area contributed by atoms with E-state index in [4.69, 9.17) is 4.52 Å². The summed E-state index contributed by atoms with van der Waals surface area (Å²) in [5.41, 5.74) is 2.08. The maximum atomic E-state index is 12.3. The molecule has 140 valence electrons. The number of hydrogen-bond donors (Lipinski definition) is 1. The third-order valence-corrected chi connectivity index (χ3v) is 5.17. The summed E-state index contributed by atoms with van der Waals surface area (Å²) in [5, 5.41) is 7.13. The van der Waals surface area contributed by atoms with Gasteiger partial charge in [0, 0.05) is 43.3 Å². The first kappa shape index (κ1) is 19.1. The third kappa shape index (κ3) is 5.40. The Kier molecular flexibility index (Phi) is 6.45. The van der Waals surface area contributed by atoms with Crippen LogP contribution in [0.4, 0.5) is 0 Å². The van der Waals surface area contributed by atoms with Crippen molar-refractivity contribution in [1.29, 1.82) is 0 Å². The van der Waals surface area contributed by atoms with Gasteiger partial charge >= 0.3 is 0 Å². The van der Waals surface area contributed by atoms with E-state index in [0.717, 1.165) is 54.2 Å². The highest BCUT2D eigenvalue weighted by Crippen LogP contribution is 2.16. The lowest BCUT2D eigenvalue weighted by Crippen LogP contribution is -2.49. The first-order valence-corrected chi connectivity index (χ1v) is 9.70.